The Labute approximate surface area is 59.1 Å². The molecule has 0 fully saturated rings. The summed E-state index contributed by atoms with van der Waals surface area (Å²) < 4.78 is 0. The summed E-state index contributed by atoms with van der Waals surface area (Å²) >= 11 is 0. The Morgan fingerprint density at radius 1 is 1.60 bits per heavy atom. The van der Waals surface area contributed by atoms with Crippen LogP contribution in [0.5, 0.6) is 0 Å². The Hall–Kier alpha value is -1.16. The molecule has 1 amide bonds. The number of amides is 1. The lowest BCUT2D eigenvalue weighted by Crippen LogP contribution is -2.27. The normalized spacial score (nSPS) is 9.70. The molecule has 0 saturated heterocycles. The van der Waals surface area contributed by atoms with Crippen LogP contribution in [0.25, 0.3) is 0 Å². The van der Waals surface area contributed by atoms with Gasteiger partial charge in [0.15, 0.2) is 0 Å². The average molecular weight is 142 g/mol. The minimum atomic E-state index is -0.294. The van der Waals surface area contributed by atoms with Crippen molar-refractivity contribution in [2.24, 2.45) is 5.73 Å². The van der Waals surface area contributed by atoms with E-state index in [4.69, 9.17) is 5.73 Å². The Morgan fingerprint density at radius 2 is 2.30 bits per heavy atom. The lowest BCUT2D eigenvalue weighted by Gasteiger charge is -1.95. The van der Waals surface area contributed by atoms with Crippen molar-refractivity contribution in [3.8, 4) is 0 Å². The molecule has 0 radical (unpaired) electrons. The SMILES string of the molecule is NCCNC(=O)/C=C\C=O. The molecule has 0 aliphatic rings. The lowest BCUT2D eigenvalue weighted by atomic mass is 10.5. The minimum absolute atomic E-state index is 0.294. The smallest absolute Gasteiger partial charge is 0.244 e. The Balaban J connectivity index is 3.43. The zero-order valence-electron chi connectivity index (χ0n) is 5.54. The van der Waals surface area contributed by atoms with Crippen molar-refractivity contribution in [2.45, 2.75) is 0 Å². The summed E-state index contributed by atoms with van der Waals surface area (Å²) in [5, 5.41) is 2.46. The number of aldehydes is 1. The maximum atomic E-state index is 10.5. The van der Waals surface area contributed by atoms with Crippen LogP contribution in [0.4, 0.5) is 0 Å². The fraction of sp³-hybridized carbons (Fsp3) is 0.333. The number of rotatable bonds is 4. The highest BCUT2D eigenvalue weighted by Gasteiger charge is 1.89. The molecule has 0 aromatic carbocycles. The highest BCUT2D eigenvalue weighted by Crippen LogP contribution is 1.68. The van der Waals surface area contributed by atoms with Crippen LogP contribution in [0.1, 0.15) is 0 Å². The molecule has 0 spiro atoms. The molecule has 4 heteroatoms. The van der Waals surface area contributed by atoms with E-state index in [0.717, 1.165) is 12.2 Å². The van der Waals surface area contributed by atoms with Crippen molar-refractivity contribution in [1.29, 1.82) is 0 Å². The second-order valence-electron chi connectivity index (χ2n) is 1.57. The first-order chi connectivity index (χ1) is 4.81. The standard InChI is InChI=1S/C6H10N2O2/c7-3-4-8-6(10)2-1-5-9/h1-2,5H,3-4,7H2,(H,8,10)/b2-1-. The molecule has 56 valence electrons. The van der Waals surface area contributed by atoms with Crippen LogP contribution in [-0.4, -0.2) is 25.3 Å². The molecule has 0 heterocycles. The van der Waals surface area contributed by atoms with Gasteiger partial charge >= 0.3 is 0 Å². The number of nitrogens with two attached hydrogens (primary N) is 1. The predicted molar refractivity (Wildman–Crippen MR) is 37.3 cm³/mol. The topological polar surface area (TPSA) is 72.2 Å². The van der Waals surface area contributed by atoms with Gasteiger partial charge in [0.05, 0.1) is 0 Å². The van der Waals surface area contributed by atoms with Gasteiger partial charge in [0, 0.05) is 19.2 Å². The summed E-state index contributed by atoms with van der Waals surface area (Å²) in [4.78, 5) is 20.2. The molecule has 0 aliphatic carbocycles. The van der Waals surface area contributed by atoms with Crippen LogP contribution in [0, 0.1) is 0 Å². The highest BCUT2D eigenvalue weighted by molar-refractivity contribution is 5.90. The third-order valence-corrected chi connectivity index (χ3v) is 0.770. The van der Waals surface area contributed by atoms with Crippen molar-refractivity contribution in [2.75, 3.05) is 13.1 Å². The summed E-state index contributed by atoms with van der Waals surface area (Å²) in [5.41, 5.74) is 5.10. The lowest BCUT2D eigenvalue weighted by molar-refractivity contribution is -0.116. The molecule has 3 N–H and O–H groups in total. The molecule has 0 atom stereocenters. The zero-order valence-corrected chi connectivity index (χ0v) is 5.54. The molecule has 0 unspecified atom stereocenters. The summed E-state index contributed by atoms with van der Waals surface area (Å²) in [7, 11) is 0. The third-order valence-electron chi connectivity index (χ3n) is 0.770. The monoisotopic (exact) mass is 142 g/mol. The molecule has 0 rings (SSSR count). The number of carbonyl (C=O) groups excluding carboxylic acids is 2. The number of carbonyl (C=O) groups is 2. The fourth-order valence-electron chi connectivity index (χ4n) is 0.381. The first-order valence-electron chi connectivity index (χ1n) is 2.91. The van der Waals surface area contributed by atoms with E-state index in [1.807, 2.05) is 0 Å². The summed E-state index contributed by atoms with van der Waals surface area (Å²) in [6.07, 6.45) is 2.83. The second-order valence-corrected chi connectivity index (χ2v) is 1.57. The van der Waals surface area contributed by atoms with Crippen molar-refractivity contribution < 1.29 is 9.59 Å². The summed E-state index contributed by atoms with van der Waals surface area (Å²) in [6.45, 7) is 0.836. The van der Waals surface area contributed by atoms with Crippen molar-refractivity contribution >= 4 is 12.2 Å². The molecule has 0 aromatic rings. The van der Waals surface area contributed by atoms with Gasteiger partial charge in [0.1, 0.15) is 6.29 Å². The molecular weight excluding hydrogens is 132 g/mol. The molecule has 10 heavy (non-hydrogen) atoms. The fourth-order valence-corrected chi connectivity index (χ4v) is 0.381. The van der Waals surface area contributed by atoms with Crippen LogP contribution < -0.4 is 11.1 Å². The van der Waals surface area contributed by atoms with E-state index < -0.39 is 0 Å². The van der Waals surface area contributed by atoms with Gasteiger partial charge in [0.25, 0.3) is 0 Å². The predicted octanol–water partition coefficient (Wildman–Crippen LogP) is -1.18. The molecule has 4 nitrogen and oxygen atoms in total. The van der Waals surface area contributed by atoms with Crippen molar-refractivity contribution in [3.63, 3.8) is 0 Å². The van der Waals surface area contributed by atoms with Gasteiger partial charge in [-0.15, -0.1) is 0 Å². The second kappa shape index (κ2) is 5.97. The van der Waals surface area contributed by atoms with Gasteiger partial charge in [-0.25, -0.2) is 0 Å². The van der Waals surface area contributed by atoms with Crippen LogP contribution in [0.3, 0.4) is 0 Å². The Kier molecular flexibility index (Phi) is 5.28. The minimum Gasteiger partial charge on any atom is -0.351 e. The van der Waals surface area contributed by atoms with Gasteiger partial charge in [-0.1, -0.05) is 0 Å². The Bertz CT molecular complexity index is 143. The highest BCUT2D eigenvalue weighted by atomic mass is 16.1. The first kappa shape index (κ1) is 8.84. The van der Waals surface area contributed by atoms with E-state index >= 15 is 0 Å². The number of hydrogen-bond acceptors (Lipinski definition) is 3. The first-order valence-corrected chi connectivity index (χ1v) is 2.91. The van der Waals surface area contributed by atoms with Crippen molar-refractivity contribution in [3.05, 3.63) is 12.2 Å². The third kappa shape index (κ3) is 4.99. The van der Waals surface area contributed by atoms with E-state index in [0.29, 0.717) is 19.4 Å². The summed E-state index contributed by atoms with van der Waals surface area (Å²) in [5.74, 6) is -0.294. The van der Waals surface area contributed by atoms with Crippen LogP contribution >= 0.6 is 0 Å². The maximum absolute atomic E-state index is 10.5. The van der Waals surface area contributed by atoms with E-state index in [1.54, 1.807) is 0 Å². The molecule has 0 aliphatic heterocycles. The van der Waals surface area contributed by atoms with E-state index in [-0.39, 0.29) is 5.91 Å². The number of hydrogen-bond donors (Lipinski definition) is 2. The van der Waals surface area contributed by atoms with Crippen LogP contribution in [0.2, 0.25) is 0 Å². The van der Waals surface area contributed by atoms with Gasteiger partial charge < -0.3 is 11.1 Å². The van der Waals surface area contributed by atoms with Gasteiger partial charge in [-0.3, -0.25) is 9.59 Å². The van der Waals surface area contributed by atoms with Gasteiger partial charge in [-0.2, -0.15) is 0 Å². The average Bonchev–Trinajstić information content (AvgIpc) is 1.97. The largest absolute Gasteiger partial charge is 0.351 e. The van der Waals surface area contributed by atoms with Crippen molar-refractivity contribution in [1.82, 2.24) is 5.32 Å². The zero-order chi connectivity index (χ0) is 7.82. The van der Waals surface area contributed by atoms with Gasteiger partial charge in [0.2, 0.25) is 5.91 Å². The van der Waals surface area contributed by atoms with Gasteiger partial charge in [-0.05, 0) is 6.08 Å². The number of allylic oxidation sites excluding steroid dienone is 1. The Morgan fingerprint density at radius 3 is 2.80 bits per heavy atom. The molecule has 0 aromatic heterocycles. The van der Waals surface area contributed by atoms with E-state index in [2.05, 4.69) is 5.32 Å². The molecule has 0 bridgehead atoms. The van der Waals surface area contributed by atoms with Crippen LogP contribution in [0.15, 0.2) is 12.2 Å². The quantitative estimate of drug-likeness (QED) is 0.383. The van der Waals surface area contributed by atoms with E-state index in [1.165, 1.54) is 0 Å². The maximum Gasteiger partial charge on any atom is 0.244 e. The van der Waals surface area contributed by atoms with E-state index in [9.17, 15) is 9.59 Å². The number of nitrogens with one attached hydrogen (secondary N) is 1. The molecular formula is C6H10N2O2. The van der Waals surface area contributed by atoms with Crippen LogP contribution in [-0.2, 0) is 9.59 Å². The summed E-state index contributed by atoms with van der Waals surface area (Å²) in [6, 6.07) is 0. The molecule has 0 saturated carbocycles.